The maximum absolute atomic E-state index is 5.39. The first-order valence-corrected chi connectivity index (χ1v) is 13.8. The lowest BCUT2D eigenvalue weighted by molar-refractivity contribution is 0.405. The van der Waals surface area contributed by atoms with Crippen molar-refractivity contribution >= 4 is 22.6 Å². The number of aliphatic imine (C=N–C) groups is 1. The molecule has 4 aromatic rings. The standard InChI is InChI=1S/C33H36N2O2S/c1-24-19-25(2)32(26(3)20-24)34-33(38-23-29-9-7-6-8-10-29)35(21-27-11-15-30(36-4)16-12-27)22-28-13-17-31(37-5)18-14-28/h6-20H,21-23H2,1-5H3. The third-order valence-electron chi connectivity index (χ3n) is 6.39. The zero-order chi connectivity index (χ0) is 26.9. The minimum absolute atomic E-state index is 0.723. The molecule has 0 atom stereocenters. The minimum atomic E-state index is 0.723. The summed E-state index contributed by atoms with van der Waals surface area (Å²) in [5.41, 5.74) is 8.35. The summed E-state index contributed by atoms with van der Waals surface area (Å²) in [6.45, 7) is 7.88. The van der Waals surface area contributed by atoms with E-state index >= 15 is 0 Å². The number of ether oxygens (including phenoxy) is 2. The van der Waals surface area contributed by atoms with Gasteiger partial charge in [-0.25, -0.2) is 4.99 Å². The zero-order valence-electron chi connectivity index (χ0n) is 22.9. The molecule has 4 aromatic carbocycles. The van der Waals surface area contributed by atoms with Crippen molar-refractivity contribution < 1.29 is 9.47 Å². The van der Waals surface area contributed by atoms with E-state index in [2.05, 4.69) is 92.4 Å². The Morgan fingerprint density at radius 1 is 0.684 bits per heavy atom. The fraction of sp³-hybridized carbons (Fsp3) is 0.242. The summed E-state index contributed by atoms with van der Waals surface area (Å²) in [6, 6.07) is 31.6. The van der Waals surface area contributed by atoms with Crippen LogP contribution in [0.4, 0.5) is 5.69 Å². The van der Waals surface area contributed by atoms with E-state index in [9.17, 15) is 0 Å². The Bertz CT molecular complexity index is 1280. The molecule has 0 aliphatic carbocycles. The van der Waals surface area contributed by atoms with Gasteiger partial charge in [0.1, 0.15) is 11.5 Å². The second kappa shape index (κ2) is 13.2. The van der Waals surface area contributed by atoms with Gasteiger partial charge in [0.05, 0.1) is 19.9 Å². The van der Waals surface area contributed by atoms with Crippen LogP contribution in [-0.4, -0.2) is 24.3 Å². The maximum Gasteiger partial charge on any atom is 0.165 e. The number of amidine groups is 1. The minimum Gasteiger partial charge on any atom is -0.497 e. The van der Waals surface area contributed by atoms with E-state index in [1.807, 2.05) is 24.3 Å². The first-order chi connectivity index (χ1) is 18.4. The van der Waals surface area contributed by atoms with Gasteiger partial charge in [-0.3, -0.25) is 0 Å². The van der Waals surface area contributed by atoms with Crippen molar-refractivity contribution in [1.29, 1.82) is 0 Å². The Hall–Kier alpha value is -3.70. The first kappa shape index (κ1) is 27.3. The van der Waals surface area contributed by atoms with Crippen molar-refractivity contribution in [3.63, 3.8) is 0 Å². The molecule has 38 heavy (non-hydrogen) atoms. The van der Waals surface area contributed by atoms with Gasteiger partial charge in [0.25, 0.3) is 0 Å². The molecule has 0 radical (unpaired) electrons. The van der Waals surface area contributed by atoms with Crippen LogP contribution >= 0.6 is 11.8 Å². The highest BCUT2D eigenvalue weighted by Crippen LogP contribution is 2.30. The molecular weight excluding hydrogens is 488 g/mol. The van der Waals surface area contributed by atoms with Crippen LogP contribution in [0.1, 0.15) is 33.4 Å². The molecule has 0 unspecified atom stereocenters. The van der Waals surface area contributed by atoms with Crippen LogP contribution in [0.3, 0.4) is 0 Å². The van der Waals surface area contributed by atoms with Gasteiger partial charge in [-0.2, -0.15) is 0 Å². The number of rotatable bonds is 9. The number of aryl methyl sites for hydroxylation is 3. The molecule has 0 saturated carbocycles. The van der Waals surface area contributed by atoms with Gasteiger partial charge in [-0.1, -0.05) is 84.1 Å². The molecule has 0 N–H and O–H groups in total. The summed E-state index contributed by atoms with van der Waals surface area (Å²) in [7, 11) is 3.39. The Morgan fingerprint density at radius 3 is 1.66 bits per heavy atom. The van der Waals surface area contributed by atoms with Crippen molar-refractivity contribution in [2.75, 3.05) is 14.2 Å². The van der Waals surface area contributed by atoms with Crippen molar-refractivity contribution in [2.24, 2.45) is 4.99 Å². The van der Waals surface area contributed by atoms with Crippen molar-refractivity contribution in [2.45, 2.75) is 39.6 Å². The summed E-state index contributed by atoms with van der Waals surface area (Å²) < 4.78 is 10.8. The average molecular weight is 525 g/mol. The molecule has 196 valence electrons. The number of nitrogens with zero attached hydrogens (tertiary/aromatic N) is 2. The third-order valence-corrected chi connectivity index (χ3v) is 7.47. The monoisotopic (exact) mass is 524 g/mol. The summed E-state index contributed by atoms with van der Waals surface area (Å²) in [5, 5.41) is 0.996. The van der Waals surface area contributed by atoms with E-state index in [-0.39, 0.29) is 0 Å². The van der Waals surface area contributed by atoms with Gasteiger partial charge >= 0.3 is 0 Å². The molecule has 0 bridgehead atoms. The fourth-order valence-corrected chi connectivity index (χ4v) is 5.41. The Labute approximate surface area is 231 Å². The molecule has 5 heteroatoms. The van der Waals surface area contributed by atoms with Crippen LogP contribution in [0.15, 0.2) is 96.0 Å². The molecule has 4 nitrogen and oxygen atoms in total. The van der Waals surface area contributed by atoms with Crippen molar-refractivity contribution in [3.05, 3.63) is 124 Å². The molecule has 0 aromatic heterocycles. The maximum atomic E-state index is 5.39. The van der Waals surface area contributed by atoms with Gasteiger partial charge in [-0.05, 0) is 72.9 Å². The zero-order valence-corrected chi connectivity index (χ0v) is 23.7. The molecule has 0 spiro atoms. The lowest BCUT2D eigenvalue weighted by Crippen LogP contribution is -2.28. The predicted octanol–water partition coefficient (Wildman–Crippen LogP) is 8.25. The Morgan fingerprint density at radius 2 is 1.18 bits per heavy atom. The normalized spacial score (nSPS) is 11.3. The van der Waals surface area contributed by atoms with Crippen molar-refractivity contribution in [1.82, 2.24) is 4.90 Å². The highest BCUT2D eigenvalue weighted by Gasteiger charge is 2.17. The number of hydrogen-bond donors (Lipinski definition) is 0. The third kappa shape index (κ3) is 7.42. The van der Waals surface area contributed by atoms with Crippen LogP contribution in [-0.2, 0) is 18.8 Å². The van der Waals surface area contributed by atoms with Gasteiger partial charge in [-0.15, -0.1) is 0 Å². The van der Waals surface area contributed by atoms with Gasteiger partial charge in [0.2, 0.25) is 0 Å². The highest BCUT2D eigenvalue weighted by atomic mass is 32.2. The van der Waals surface area contributed by atoms with E-state index < -0.39 is 0 Å². The number of methoxy groups -OCH3 is 2. The second-order valence-electron chi connectivity index (χ2n) is 9.47. The van der Waals surface area contributed by atoms with E-state index in [4.69, 9.17) is 14.5 Å². The molecule has 0 aliphatic heterocycles. The Balaban J connectivity index is 1.75. The largest absolute Gasteiger partial charge is 0.497 e. The summed E-state index contributed by atoms with van der Waals surface area (Å²) in [4.78, 5) is 7.70. The van der Waals surface area contributed by atoms with Gasteiger partial charge in [0, 0.05) is 18.8 Å². The molecule has 0 amide bonds. The van der Waals surface area contributed by atoms with Gasteiger partial charge in [0.15, 0.2) is 5.17 Å². The molecule has 0 saturated heterocycles. The molecule has 4 rings (SSSR count). The lowest BCUT2D eigenvalue weighted by atomic mass is 10.1. The first-order valence-electron chi connectivity index (χ1n) is 12.8. The summed E-state index contributed by atoms with van der Waals surface area (Å²) in [6.07, 6.45) is 0. The molecule has 0 fully saturated rings. The smallest absolute Gasteiger partial charge is 0.165 e. The highest BCUT2D eigenvalue weighted by molar-refractivity contribution is 8.13. The van der Waals surface area contributed by atoms with E-state index in [0.29, 0.717) is 0 Å². The Kier molecular flexibility index (Phi) is 9.50. The number of thioether (sulfide) groups is 1. The second-order valence-corrected chi connectivity index (χ2v) is 10.4. The van der Waals surface area contributed by atoms with E-state index in [1.165, 1.54) is 33.4 Å². The number of hydrogen-bond acceptors (Lipinski definition) is 4. The summed E-state index contributed by atoms with van der Waals surface area (Å²) >= 11 is 1.78. The lowest BCUT2D eigenvalue weighted by Gasteiger charge is -2.27. The average Bonchev–Trinajstić information content (AvgIpc) is 2.93. The molecular formula is C33H36N2O2S. The topological polar surface area (TPSA) is 34.1 Å². The number of benzene rings is 4. The summed E-state index contributed by atoms with van der Waals surface area (Å²) in [5.74, 6) is 2.55. The fourth-order valence-electron chi connectivity index (χ4n) is 4.45. The van der Waals surface area contributed by atoms with Crippen LogP contribution in [0.5, 0.6) is 11.5 Å². The van der Waals surface area contributed by atoms with Crippen LogP contribution in [0.25, 0.3) is 0 Å². The predicted molar refractivity (Wildman–Crippen MR) is 161 cm³/mol. The quantitative estimate of drug-likeness (QED) is 0.163. The van der Waals surface area contributed by atoms with E-state index in [1.54, 1.807) is 26.0 Å². The SMILES string of the molecule is COc1ccc(CN(Cc2ccc(OC)cc2)C(=Nc2c(C)cc(C)cc2C)SCc2ccccc2)cc1. The van der Waals surface area contributed by atoms with Gasteiger partial charge < -0.3 is 14.4 Å². The van der Waals surface area contributed by atoms with Crippen molar-refractivity contribution in [3.8, 4) is 11.5 Å². The van der Waals surface area contributed by atoms with Crippen LogP contribution in [0, 0.1) is 20.8 Å². The van der Waals surface area contributed by atoms with E-state index in [0.717, 1.165) is 41.2 Å². The van der Waals surface area contributed by atoms with Crippen LogP contribution in [0.2, 0.25) is 0 Å². The molecule has 0 heterocycles. The molecule has 0 aliphatic rings. The van der Waals surface area contributed by atoms with Crippen LogP contribution < -0.4 is 9.47 Å².